The van der Waals surface area contributed by atoms with Crippen molar-refractivity contribution >= 4 is 5.97 Å². The second-order valence-electron chi connectivity index (χ2n) is 4.74. The first-order valence-corrected chi connectivity index (χ1v) is 6.67. The number of hydrogen-bond acceptors (Lipinski definition) is 4. The molecule has 21 heavy (non-hydrogen) atoms. The molecule has 1 fully saturated rings. The number of rotatable bonds is 6. The van der Waals surface area contributed by atoms with E-state index >= 15 is 0 Å². The number of hydrogen-bond donors (Lipinski definition) is 1. The van der Waals surface area contributed by atoms with Gasteiger partial charge in [0.2, 0.25) is 0 Å². The Morgan fingerprint density at radius 3 is 2.43 bits per heavy atom. The van der Waals surface area contributed by atoms with Gasteiger partial charge < -0.3 is 9.47 Å². The lowest BCUT2D eigenvalue weighted by Gasteiger charge is -2.18. The number of ether oxygens (including phenoxy) is 2. The summed E-state index contributed by atoms with van der Waals surface area (Å²) in [6, 6.07) is 4.81. The first-order valence-electron chi connectivity index (χ1n) is 6.67. The van der Waals surface area contributed by atoms with Gasteiger partial charge in [-0.15, -0.1) is 13.2 Å². The van der Waals surface area contributed by atoms with Crippen molar-refractivity contribution in [1.29, 1.82) is 0 Å². The minimum absolute atomic E-state index is 0.247. The molecule has 2 rings (SSSR count). The second-order valence-corrected chi connectivity index (χ2v) is 4.74. The maximum absolute atomic E-state index is 12.1. The van der Waals surface area contributed by atoms with E-state index in [0.29, 0.717) is 5.56 Å². The summed E-state index contributed by atoms with van der Waals surface area (Å²) in [4.78, 5) is 11.9. The third kappa shape index (κ3) is 4.93. The molecule has 1 aromatic carbocycles. The molecule has 1 N–H and O–H groups in total. The molecule has 7 heteroatoms. The number of carbonyl (C=O) groups is 1. The van der Waals surface area contributed by atoms with Crippen LogP contribution in [0.25, 0.3) is 0 Å². The predicted molar refractivity (Wildman–Crippen MR) is 68.7 cm³/mol. The zero-order valence-corrected chi connectivity index (χ0v) is 11.4. The summed E-state index contributed by atoms with van der Waals surface area (Å²) < 4.78 is 45.1. The molecule has 0 aromatic heterocycles. The van der Waals surface area contributed by atoms with Crippen LogP contribution in [0.3, 0.4) is 0 Å². The molecule has 116 valence electrons. The zero-order chi connectivity index (χ0) is 15.5. The van der Waals surface area contributed by atoms with Gasteiger partial charge in [0.05, 0.1) is 6.61 Å². The largest absolute Gasteiger partial charge is 0.573 e. The van der Waals surface area contributed by atoms with E-state index in [-0.39, 0.29) is 18.4 Å². The quantitative estimate of drug-likeness (QED) is 0.821. The molecule has 4 nitrogen and oxygen atoms in total. The second kappa shape index (κ2) is 6.34. The highest BCUT2D eigenvalue weighted by Gasteiger charge is 2.32. The summed E-state index contributed by atoms with van der Waals surface area (Å²) in [6.45, 7) is 1.95. The molecule has 1 aliphatic carbocycles. The van der Waals surface area contributed by atoms with Gasteiger partial charge in [-0.2, -0.15) is 0 Å². The molecule has 0 radical (unpaired) electrons. The van der Waals surface area contributed by atoms with Crippen molar-refractivity contribution in [1.82, 2.24) is 5.32 Å². The number of carbonyl (C=O) groups excluding carboxylic acids is 1. The Kier molecular flexibility index (Phi) is 4.72. The summed E-state index contributed by atoms with van der Waals surface area (Å²) in [5.74, 6) is -0.755. The van der Waals surface area contributed by atoms with E-state index in [0.717, 1.165) is 12.8 Å². The average molecular weight is 303 g/mol. The lowest BCUT2D eigenvalue weighted by Crippen LogP contribution is -2.31. The summed E-state index contributed by atoms with van der Waals surface area (Å²) in [6.07, 6.45) is -2.77. The van der Waals surface area contributed by atoms with Crippen LogP contribution >= 0.6 is 0 Å². The number of nitrogens with one attached hydrogen (secondary N) is 1. The minimum Gasteiger partial charge on any atom is -0.465 e. The van der Waals surface area contributed by atoms with E-state index in [1.807, 2.05) is 0 Å². The highest BCUT2D eigenvalue weighted by Crippen LogP contribution is 2.28. The van der Waals surface area contributed by atoms with Crippen molar-refractivity contribution in [3.63, 3.8) is 0 Å². The third-order valence-corrected chi connectivity index (χ3v) is 2.95. The molecule has 1 unspecified atom stereocenters. The van der Waals surface area contributed by atoms with E-state index in [1.54, 1.807) is 6.92 Å². The normalized spacial score (nSPS) is 16.4. The molecule has 1 aliphatic rings. The first kappa shape index (κ1) is 15.6. The molecular formula is C14H16F3NO3. The summed E-state index contributed by atoms with van der Waals surface area (Å²) in [5, 5.41) is 3.12. The topological polar surface area (TPSA) is 47.6 Å². The Morgan fingerprint density at radius 2 is 1.95 bits per heavy atom. The highest BCUT2D eigenvalue weighted by atomic mass is 19.4. The monoisotopic (exact) mass is 303 g/mol. The van der Waals surface area contributed by atoms with Crippen LogP contribution in [0.4, 0.5) is 13.2 Å². The zero-order valence-electron chi connectivity index (χ0n) is 11.4. The number of halogens is 3. The van der Waals surface area contributed by atoms with Gasteiger partial charge in [0.25, 0.3) is 0 Å². The van der Waals surface area contributed by atoms with E-state index in [9.17, 15) is 18.0 Å². The van der Waals surface area contributed by atoms with Crippen molar-refractivity contribution in [3.05, 3.63) is 29.8 Å². The van der Waals surface area contributed by atoms with Gasteiger partial charge >= 0.3 is 12.3 Å². The standard InChI is InChI=1S/C14H16F3NO3/c1-2-20-13(19)12(18-10-5-6-10)9-3-7-11(8-4-9)21-14(15,16)17/h3-4,7-8,10,12,18H,2,5-6H2,1H3. The number of alkyl halides is 3. The van der Waals surface area contributed by atoms with Gasteiger partial charge in [0.15, 0.2) is 0 Å². The Balaban J connectivity index is 2.10. The Hall–Kier alpha value is -1.76. The summed E-state index contributed by atoms with van der Waals surface area (Å²) in [5.41, 5.74) is 0.551. The molecule has 1 aromatic rings. The van der Waals surface area contributed by atoms with Crippen LogP contribution in [0.5, 0.6) is 5.75 Å². The minimum atomic E-state index is -4.73. The van der Waals surface area contributed by atoms with Gasteiger partial charge in [-0.3, -0.25) is 5.32 Å². The Morgan fingerprint density at radius 1 is 1.33 bits per heavy atom. The number of esters is 1. The van der Waals surface area contributed by atoms with Crippen LogP contribution < -0.4 is 10.1 Å². The fourth-order valence-electron chi connectivity index (χ4n) is 1.87. The molecule has 1 atom stereocenters. The van der Waals surface area contributed by atoms with E-state index in [1.165, 1.54) is 24.3 Å². The van der Waals surface area contributed by atoms with Crippen LogP contribution in [-0.4, -0.2) is 25.0 Å². The molecule has 0 amide bonds. The molecule has 0 aliphatic heterocycles. The average Bonchev–Trinajstić information content (AvgIpc) is 3.19. The SMILES string of the molecule is CCOC(=O)C(NC1CC1)c1ccc(OC(F)(F)F)cc1. The molecule has 0 spiro atoms. The Labute approximate surface area is 120 Å². The van der Waals surface area contributed by atoms with Crippen LogP contribution in [0.1, 0.15) is 31.4 Å². The smallest absolute Gasteiger partial charge is 0.465 e. The molecule has 0 saturated heterocycles. The molecular weight excluding hydrogens is 287 g/mol. The fourth-order valence-corrected chi connectivity index (χ4v) is 1.87. The van der Waals surface area contributed by atoms with Crippen molar-refractivity contribution in [2.75, 3.05) is 6.61 Å². The van der Waals surface area contributed by atoms with Gasteiger partial charge in [0.1, 0.15) is 11.8 Å². The lowest BCUT2D eigenvalue weighted by atomic mass is 10.1. The predicted octanol–water partition coefficient (Wildman–Crippen LogP) is 2.94. The Bertz CT molecular complexity index is 483. The molecule has 0 bridgehead atoms. The maximum atomic E-state index is 12.1. The van der Waals surface area contributed by atoms with Crippen molar-refractivity contribution in [2.24, 2.45) is 0 Å². The van der Waals surface area contributed by atoms with Crippen LogP contribution in [-0.2, 0) is 9.53 Å². The van der Waals surface area contributed by atoms with Gasteiger partial charge in [-0.25, -0.2) is 4.79 Å². The van der Waals surface area contributed by atoms with E-state index in [2.05, 4.69) is 10.1 Å². The van der Waals surface area contributed by atoms with Gasteiger partial charge in [0, 0.05) is 6.04 Å². The van der Waals surface area contributed by atoms with E-state index < -0.39 is 18.4 Å². The van der Waals surface area contributed by atoms with Gasteiger partial charge in [-0.1, -0.05) is 12.1 Å². The summed E-state index contributed by atoms with van der Waals surface area (Å²) >= 11 is 0. The molecule has 0 heterocycles. The van der Waals surface area contributed by atoms with Crippen LogP contribution in [0.2, 0.25) is 0 Å². The van der Waals surface area contributed by atoms with Crippen molar-refractivity contribution < 1.29 is 27.4 Å². The van der Waals surface area contributed by atoms with Crippen molar-refractivity contribution in [2.45, 2.75) is 38.2 Å². The van der Waals surface area contributed by atoms with Gasteiger partial charge in [-0.05, 0) is 37.5 Å². The first-order chi connectivity index (χ1) is 9.89. The third-order valence-electron chi connectivity index (χ3n) is 2.95. The molecule has 1 saturated carbocycles. The fraction of sp³-hybridized carbons (Fsp3) is 0.500. The van der Waals surface area contributed by atoms with Crippen molar-refractivity contribution in [3.8, 4) is 5.75 Å². The number of benzene rings is 1. The van der Waals surface area contributed by atoms with E-state index in [4.69, 9.17) is 4.74 Å². The maximum Gasteiger partial charge on any atom is 0.573 e. The van der Waals surface area contributed by atoms with Crippen LogP contribution in [0.15, 0.2) is 24.3 Å². The highest BCUT2D eigenvalue weighted by molar-refractivity contribution is 5.77. The lowest BCUT2D eigenvalue weighted by molar-refractivity contribution is -0.274. The van der Waals surface area contributed by atoms with Crippen LogP contribution in [0, 0.1) is 0 Å². The summed E-state index contributed by atoms with van der Waals surface area (Å²) in [7, 11) is 0.